The summed E-state index contributed by atoms with van der Waals surface area (Å²) in [5.74, 6) is -0.941. The molecule has 1 aliphatic carbocycles. The maximum Gasteiger partial charge on any atom is 0.320 e. The average Bonchev–Trinajstić information content (AvgIpc) is 2.95. The Morgan fingerprint density at radius 2 is 1.87 bits per heavy atom. The molecule has 0 radical (unpaired) electrons. The molecule has 12 heteroatoms. The number of aliphatic imine (C=N–C) groups is 1. The second kappa shape index (κ2) is 12.8. The highest BCUT2D eigenvalue weighted by Gasteiger charge is 2.44. The van der Waals surface area contributed by atoms with Crippen LogP contribution in [0.1, 0.15) is 44.9 Å². The highest BCUT2D eigenvalue weighted by Crippen LogP contribution is 2.36. The number of nitrogens with zero attached hydrogens (tertiary/aromatic N) is 1. The number of aliphatic hydroxyl groups excluding tert-OH is 4. The van der Waals surface area contributed by atoms with Crippen molar-refractivity contribution in [3.63, 3.8) is 0 Å². The predicted octanol–water partition coefficient (Wildman–Crippen LogP) is -1.68. The molecule has 2 rings (SSSR count). The molecule has 0 aromatic carbocycles. The number of hydrogen-bond acceptors (Lipinski definition) is 9. The fraction of sp³-hybridized carbons (Fsp3) is 0.895. The smallest absolute Gasteiger partial charge is 0.320 e. The topological polar surface area (TPSA) is 204 Å². The van der Waals surface area contributed by atoms with E-state index in [1.54, 1.807) is 0 Å². The van der Waals surface area contributed by atoms with Crippen molar-refractivity contribution in [3.8, 4) is 0 Å². The molecule has 2 aliphatic rings. The number of aliphatic hydroxyl groups is 4. The van der Waals surface area contributed by atoms with Gasteiger partial charge in [-0.05, 0) is 32.1 Å². The number of carboxylic acid groups (broad SMARTS) is 1. The van der Waals surface area contributed by atoms with Crippen LogP contribution in [0.15, 0.2) is 4.99 Å². The molecule has 1 saturated heterocycles. The minimum Gasteiger partial charge on any atom is -0.480 e. The first-order valence-corrected chi connectivity index (χ1v) is 11.7. The van der Waals surface area contributed by atoms with Crippen molar-refractivity contribution in [2.45, 2.75) is 92.1 Å². The molecule has 1 heterocycles. The van der Waals surface area contributed by atoms with Gasteiger partial charge in [0.2, 0.25) is 0 Å². The lowest BCUT2D eigenvalue weighted by molar-refractivity contribution is -0.205. The van der Waals surface area contributed by atoms with E-state index in [4.69, 9.17) is 16.2 Å². The second-order valence-electron chi connectivity index (χ2n) is 8.18. The summed E-state index contributed by atoms with van der Waals surface area (Å²) < 4.78 is 5.62. The Balaban J connectivity index is 1.93. The monoisotopic (exact) mass is 464 g/mol. The maximum absolute atomic E-state index is 11.7. The number of carboxylic acids is 1. The van der Waals surface area contributed by atoms with E-state index < -0.39 is 48.5 Å². The van der Waals surface area contributed by atoms with Crippen LogP contribution in [0.5, 0.6) is 0 Å². The first kappa shape index (κ1) is 26.1. The number of nitrogens with one attached hydrogen (secondary N) is 1. The molecule has 10 N–H and O–H groups in total. The van der Waals surface area contributed by atoms with Crippen molar-refractivity contribution < 1.29 is 35.1 Å². The van der Waals surface area contributed by atoms with Gasteiger partial charge in [-0.15, -0.1) is 11.8 Å². The number of hydrogen-bond donors (Lipinski definition) is 8. The Labute approximate surface area is 186 Å². The summed E-state index contributed by atoms with van der Waals surface area (Å²) >= 11 is 1.36. The molecule has 11 nitrogen and oxygen atoms in total. The van der Waals surface area contributed by atoms with E-state index >= 15 is 0 Å². The quantitative estimate of drug-likeness (QED) is 0.0793. The van der Waals surface area contributed by atoms with Crippen molar-refractivity contribution in [3.05, 3.63) is 0 Å². The van der Waals surface area contributed by atoms with Crippen LogP contribution in [0.3, 0.4) is 0 Å². The van der Waals surface area contributed by atoms with Gasteiger partial charge in [-0.25, -0.2) is 0 Å². The van der Waals surface area contributed by atoms with Crippen LogP contribution in [0.2, 0.25) is 0 Å². The summed E-state index contributed by atoms with van der Waals surface area (Å²) in [6.45, 7) is -0.0922. The molecule has 0 bridgehead atoms. The van der Waals surface area contributed by atoms with E-state index in [0.29, 0.717) is 25.8 Å². The van der Waals surface area contributed by atoms with Crippen LogP contribution in [-0.2, 0) is 9.53 Å². The van der Waals surface area contributed by atoms with E-state index in [1.807, 2.05) is 0 Å². The highest BCUT2D eigenvalue weighted by molar-refractivity contribution is 8.00. The van der Waals surface area contributed by atoms with Crippen molar-refractivity contribution in [1.82, 2.24) is 5.32 Å². The zero-order valence-electron chi connectivity index (χ0n) is 17.5. The number of guanidine groups is 1. The van der Waals surface area contributed by atoms with E-state index in [0.717, 1.165) is 25.7 Å². The molecule has 31 heavy (non-hydrogen) atoms. The van der Waals surface area contributed by atoms with Crippen LogP contribution >= 0.6 is 11.8 Å². The lowest BCUT2D eigenvalue weighted by Gasteiger charge is -2.41. The van der Waals surface area contributed by atoms with Gasteiger partial charge < -0.3 is 47.1 Å². The molecule has 5 unspecified atom stereocenters. The molecular formula is C19H36N4O7S. The van der Waals surface area contributed by atoms with E-state index in [-0.39, 0.29) is 17.3 Å². The summed E-state index contributed by atoms with van der Waals surface area (Å²) in [7, 11) is 0. The van der Waals surface area contributed by atoms with Gasteiger partial charge in [0, 0.05) is 17.8 Å². The lowest BCUT2D eigenvalue weighted by atomic mass is 10.0. The van der Waals surface area contributed by atoms with Gasteiger partial charge in [0.25, 0.3) is 0 Å². The third-order valence-corrected chi connectivity index (χ3v) is 7.20. The van der Waals surface area contributed by atoms with Gasteiger partial charge in [0.1, 0.15) is 35.9 Å². The number of rotatable bonds is 10. The van der Waals surface area contributed by atoms with E-state index in [9.17, 15) is 30.3 Å². The summed E-state index contributed by atoms with van der Waals surface area (Å²) in [6.07, 6.45) is 0.225. The summed E-state index contributed by atoms with van der Waals surface area (Å²) in [6, 6.07) is -0.732. The zero-order valence-corrected chi connectivity index (χ0v) is 18.4. The standard InChI is InChI=1S/C19H36N4O7S/c20-19(21)22-7-3-6-12(17(28)29)23-10-4-1-2-5-11(8-10)31-18-16(27)15(26)14(25)13(9-24)30-18/h10-16,18,23-27H,1-9H2,(H,28,29)(H4,20,21,22)/t10?,11?,12-,13?,14-,15?,16?,18-/m0/s1. The Kier molecular flexibility index (Phi) is 10.8. The lowest BCUT2D eigenvalue weighted by Crippen LogP contribution is -2.57. The first-order chi connectivity index (χ1) is 14.7. The molecule has 1 aliphatic heterocycles. The molecule has 0 spiro atoms. The fourth-order valence-electron chi connectivity index (χ4n) is 4.03. The van der Waals surface area contributed by atoms with Gasteiger partial charge in [-0.2, -0.15) is 0 Å². The van der Waals surface area contributed by atoms with E-state index in [1.165, 1.54) is 11.8 Å². The maximum atomic E-state index is 11.7. The van der Waals surface area contributed by atoms with Crippen LogP contribution in [-0.4, -0.2) is 97.8 Å². The predicted molar refractivity (Wildman–Crippen MR) is 116 cm³/mol. The largest absolute Gasteiger partial charge is 0.480 e. The second-order valence-corrected chi connectivity index (χ2v) is 9.58. The van der Waals surface area contributed by atoms with E-state index in [2.05, 4.69) is 10.3 Å². The SMILES string of the molecule is NC(N)=NCCC[C@H](NC1CCCCC(S[C@@H]2OC(CO)[C@H](O)C(O)C2O)C1)C(=O)O. The van der Waals surface area contributed by atoms with Gasteiger partial charge in [-0.1, -0.05) is 12.8 Å². The molecule has 180 valence electrons. The van der Waals surface area contributed by atoms with Crippen LogP contribution < -0.4 is 16.8 Å². The number of nitrogens with two attached hydrogens (primary N) is 2. The summed E-state index contributed by atoms with van der Waals surface area (Å²) in [5.41, 5.74) is 9.80. The van der Waals surface area contributed by atoms with Crippen LogP contribution in [0.25, 0.3) is 0 Å². The fourth-order valence-corrected chi connectivity index (χ4v) is 5.58. The summed E-state index contributed by atoms with van der Waals surface area (Å²) in [5, 5.41) is 52.5. The van der Waals surface area contributed by atoms with Crippen molar-refractivity contribution >= 4 is 23.7 Å². The average molecular weight is 465 g/mol. The third kappa shape index (κ3) is 8.04. The molecule has 8 atom stereocenters. The van der Waals surface area contributed by atoms with Crippen LogP contribution in [0.4, 0.5) is 0 Å². The normalized spacial score (nSPS) is 35.2. The van der Waals surface area contributed by atoms with Gasteiger partial charge in [-0.3, -0.25) is 9.79 Å². The minimum absolute atomic E-state index is 0.0170. The van der Waals surface area contributed by atoms with Gasteiger partial charge in [0.15, 0.2) is 5.96 Å². The molecule has 2 fully saturated rings. The molecule has 0 amide bonds. The molecule has 0 aromatic heterocycles. The van der Waals surface area contributed by atoms with Gasteiger partial charge >= 0.3 is 5.97 Å². The number of carbonyl (C=O) groups is 1. The molecular weight excluding hydrogens is 428 g/mol. The van der Waals surface area contributed by atoms with Crippen molar-refractivity contribution in [2.24, 2.45) is 16.5 Å². The first-order valence-electron chi connectivity index (χ1n) is 10.7. The Morgan fingerprint density at radius 1 is 1.16 bits per heavy atom. The minimum atomic E-state index is -1.40. The van der Waals surface area contributed by atoms with Crippen molar-refractivity contribution in [2.75, 3.05) is 13.2 Å². The van der Waals surface area contributed by atoms with Crippen molar-refractivity contribution in [1.29, 1.82) is 0 Å². The van der Waals surface area contributed by atoms with Gasteiger partial charge in [0.05, 0.1) is 6.61 Å². The number of aliphatic carboxylic acids is 1. The highest BCUT2D eigenvalue weighted by atomic mass is 32.2. The van der Waals surface area contributed by atoms with Crippen LogP contribution in [0, 0.1) is 0 Å². The molecule has 1 saturated carbocycles. The molecule has 0 aromatic rings. The Bertz CT molecular complexity index is 594. The third-order valence-electron chi connectivity index (χ3n) is 5.73. The zero-order chi connectivity index (χ0) is 23.0. The Hall–Kier alpha value is -1.15. The Morgan fingerprint density at radius 3 is 2.52 bits per heavy atom. The number of thioether (sulfide) groups is 1. The summed E-state index contributed by atoms with van der Waals surface area (Å²) in [4.78, 5) is 15.6. The number of ether oxygens (including phenoxy) is 1.